The molecule has 1 aromatic rings. The van der Waals surface area contributed by atoms with Gasteiger partial charge in [-0.1, -0.05) is 26.0 Å². The predicted molar refractivity (Wildman–Crippen MR) is 68.9 cm³/mol. The summed E-state index contributed by atoms with van der Waals surface area (Å²) < 4.78 is 5.39. The van der Waals surface area contributed by atoms with Crippen molar-refractivity contribution in [3.63, 3.8) is 0 Å². The van der Waals surface area contributed by atoms with Crippen LogP contribution in [0.25, 0.3) is 0 Å². The second-order valence-electron chi connectivity index (χ2n) is 3.75. The molecule has 3 nitrogen and oxygen atoms in total. The Balaban J connectivity index is 2.86. The van der Waals surface area contributed by atoms with Gasteiger partial charge < -0.3 is 4.74 Å². The summed E-state index contributed by atoms with van der Waals surface area (Å²) in [6.45, 7) is 8.52. The molecule has 1 aromatic carbocycles. The van der Waals surface area contributed by atoms with E-state index < -0.39 is 0 Å². The Morgan fingerprint density at radius 1 is 1.18 bits per heavy atom. The second-order valence-corrected chi connectivity index (χ2v) is 3.75. The fraction of sp³-hybridized carbons (Fsp3) is 0.500. The number of nitriles is 1. The quantitative estimate of drug-likeness (QED) is 0.756. The standard InChI is InChI=1S/C14H20N2O/c1-4-16(5-2)14(11-15)12-7-9-13(10-8-12)17-6-3/h7-10,14H,4-6H2,1-3H3/t14-/m0/s1. The highest BCUT2D eigenvalue weighted by atomic mass is 16.5. The first kappa shape index (κ1) is 13.5. The molecule has 0 spiro atoms. The SMILES string of the molecule is CCOc1ccc([C@H](C#N)N(CC)CC)cc1. The van der Waals surface area contributed by atoms with Crippen LogP contribution in [0.1, 0.15) is 32.4 Å². The van der Waals surface area contributed by atoms with Crippen LogP contribution >= 0.6 is 0 Å². The lowest BCUT2D eigenvalue weighted by Crippen LogP contribution is -2.27. The summed E-state index contributed by atoms with van der Waals surface area (Å²) in [6, 6.07) is 9.98. The highest BCUT2D eigenvalue weighted by molar-refractivity contribution is 5.31. The first-order chi connectivity index (χ1) is 8.26. The summed E-state index contributed by atoms with van der Waals surface area (Å²) in [5.41, 5.74) is 1.03. The maximum atomic E-state index is 9.26. The molecule has 0 bridgehead atoms. The molecule has 0 aliphatic rings. The van der Waals surface area contributed by atoms with Gasteiger partial charge >= 0.3 is 0 Å². The highest BCUT2D eigenvalue weighted by Crippen LogP contribution is 2.22. The van der Waals surface area contributed by atoms with Crippen molar-refractivity contribution >= 4 is 0 Å². The summed E-state index contributed by atoms with van der Waals surface area (Å²) in [7, 11) is 0. The molecule has 1 atom stereocenters. The largest absolute Gasteiger partial charge is 0.494 e. The van der Waals surface area contributed by atoms with E-state index in [4.69, 9.17) is 4.74 Å². The van der Waals surface area contributed by atoms with E-state index in [1.165, 1.54) is 0 Å². The van der Waals surface area contributed by atoms with Gasteiger partial charge in [0, 0.05) is 0 Å². The van der Waals surface area contributed by atoms with E-state index in [9.17, 15) is 5.26 Å². The minimum absolute atomic E-state index is 0.166. The molecule has 0 unspecified atom stereocenters. The Morgan fingerprint density at radius 2 is 1.76 bits per heavy atom. The first-order valence-corrected chi connectivity index (χ1v) is 6.13. The van der Waals surface area contributed by atoms with Gasteiger partial charge in [0.2, 0.25) is 0 Å². The van der Waals surface area contributed by atoms with E-state index in [0.29, 0.717) is 6.61 Å². The summed E-state index contributed by atoms with van der Waals surface area (Å²) in [4.78, 5) is 2.13. The lowest BCUT2D eigenvalue weighted by atomic mass is 10.1. The zero-order chi connectivity index (χ0) is 12.7. The average molecular weight is 232 g/mol. The van der Waals surface area contributed by atoms with Gasteiger partial charge in [-0.15, -0.1) is 0 Å². The number of ether oxygens (including phenoxy) is 1. The van der Waals surface area contributed by atoms with Crippen LogP contribution in [0.2, 0.25) is 0 Å². The fourth-order valence-corrected chi connectivity index (χ4v) is 1.87. The van der Waals surface area contributed by atoms with Crippen LogP contribution in [-0.4, -0.2) is 24.6 Å². The van der Waals surface area contributed by atoms with Gasteiger partial charge in [0.15, 0.2) is 0 Å². The van der Waals surface area contributed by atoms with Gasteiger partial charge in [0.05, 0.1) is 12.7 Å². The maximum Gasteiger partial charge on any atom is 0.123 e. The number of hydrogen-bond acceptors (Lipinski definition) is 3. The third-order valence-electron chi connectivity index (χ3n) is 2.81. The van der Waals surface area contributed by atoms with Crippen LogP contribution in [0, 0.1) is 11.3 Å². The predicted octanol–water partition coefficient (Wildman–Crippen LogP) is 2.99. The van der Waals surface area contributed by atoms with Crippen molar-refractivity contribution in [1.82, 2.24) is 4.90 Å². The molecule has 0 radical (unpaired) electrons. The van der Waals surface area contributed by atoms with E-state index in [1.807, 2.05) is 31.2 Å². The molecular weight excluding hydrogens is 212 g/mol. The topological polar surface area (TPSA) is 36.3 Å². The maximum absolute atomic E-state index is 9.26. The van der Waals surface area contributed by atoms with Gasteiger partial charge in [0.25, 0.3) is 0 Å². The number of benzene rings is 1. The van der Waals surface area contributed by atoms with Crippen LogP contribution in [0.4, 0.5) is 0 Å². The summed E-state index contributed by atoms with van der Waals surface area (Å²) in [6.07, 6.45) is 0. The third-order valence-corrected chi connectivity index (χ3v) is 2.81. The molecule has 0 aliphatic heterocycles. The fourth-order valence-electron chi connectivity index (χ4n) is 1.87. The van der Waals surface area contributed by atoms with Gasteiger partial charge in [0.1, 0.15) is 11.8 Å². The molecular formula is C14H20N2O. The Hall–Kier alpha value is -1.53. The Morgan fingerprint density at radius 3 is 2.18 bits per heavy atom. The van der Waals surface area contributed by atoms with Gasteiger partial charge in [-0.3, -0.25) is 4.90 Å². The molecule has 0 aromatic heterocycles. The van der Waals surface area contributed by atoms with E-state index in [0.717, 1.165) is 24.4 Å². The molecule has 3 heteroatoms. The van der Waals surface area contributed by atoms with Gasteiger partial charge in [-0.2, -0.15) is 5.26 Å². The zero-order valence-corrected chi connectivity index (χ0v) is 10.8. The van der Waals surface area contributed by atoms with Crippen molar-refractivity contribution in [2.24, 2.45) is 0 Å². The first-order valence-electron chi connectivity index (χ1n) is 6.13. The minimum Gasteiger partial charge on any atom is -0.494 e. The molecule has 0 amide bonds. The third kappa shape index (κ3) is 3.47. The Kier molecular flexibility index (Phi) is 5.51. The van der Waals surface area contributed by atoms with Crippen LogP contribution in [0.15, 0.2) is 24.3 Å². The molecule has 0 saturated carbocycles. The van der Waals surface area contributed by atoms with Crippen molar-refractivity contribution in [2.45, 2.75) is 26.8 Å². The average Bonchev–Trinajstić information content (AvgIpc) is 2.37. The number of hydrogen-bond donors (Lipinski definition) is 0. The van der Waals surface area contributed by atoms with Crippen molar-refractivity contribution < 1.29 is 4.74 Å². The lowest BCUT2D eigenvalue weighted by Gasteiger charge is -2.24. The Labute approximate surface area is 104 Å². The normalized spacial score (nSPS) is 12.2. The smallest absolute Gasteiger partial charge is 0.123 e. The van der Waals surface area contributed by atoms with E-state index in [1.54, 1.807) is 0 Å². The second kappa shape index (κ2) is 6.93. The molecule has 1 rings (SSSR count). The summed E-state index contributed by atoms with van der Waals surface area (Å²) in [5.74, 6) is 0.854. The van der Waals surface area contributed by atoms with Gasteiger partial charge in [-0.25, -0.2) is 0 Å². The van der Waals surface area contributed by atoms with Crippen LogP contribution in [0.3, 0.4) is 0 Å². The van der Waals surface area contributed by atoms with Crippen LogP contribution in [-0.2, 0) is 0 Å². The number of nitrogens with zero attached hydrogens (tertiary/aromatic N) is 2. The molecule has 0 saturated heterocycles. The highest BCUT2D eigenvalue weighted by Gasteiger charge is 2.16. The lowest BCUT2D eigenvalue weighted by molar-refractivity contribution is 0.262. The summed E-state index contributed by atoms with van der Waals surface area (Å²) in [5, 5.41) is 9.26. The van der Waals surface area contributed by atoms with Crippen molar-refractivity contribution in [2.75, 3.05) is 19.7 Å². The molecule has 0 N–H and O–H groups in total. The number of rotatable bonds is 6. The van der Waals surface area contributed by atoms with Crippen molar-refractivity contribution in [1.29, 1.82) is 5.26 Å². The Bertz CT molecular complexity index is 363. The van der Waals surface area contributed by atoms with Crippen molar-refractivity contribution in [3.05, 3.63) is 29.8 Å². The van der Waals surface area contributed by atoms with E-state index >= 15 is 0 Å². The van der Waals surface area contributed by atoms with E-state index in [2.05, 4.69) is 24.8 Å². The van der Waals surface area contributed by atoms with E-state index in [-0.39, 0.29) is 6.04 Å². The van der Waals surface area contributed by atoms with Gasteiger partial charge in [-0.05, 0) is 37.7 Å². The molecule has 0 aliphatic carbocycles. The molecule has 0 heterocycles. The molecule has 92 valence electrons. The zero-order valence-electron chi connectivity index (χ0n) is 10.8. The molecule has 0 fully saturated rings. The minimum atomic E-state index is -0.166. The summed E-state index contributed by atoms with van der Waals surface area (Å²) >= 11 is 0. The van der Waals surface area contributed by atoms with Crippen LogP contribution in [0.5, 0.6) is 5.75 Å². The van der Waals surface area contributed by atoms with Crippen molar-refractivity contribution in [3.8, 4) is 11.8 Å². The molecule has 17 heavy (non-hydrogen) atoms. The monoisotopic (exact) mass is 232 g/mol. The van der Waals surface area contributed by atoms with Crippen LogP contribution < -0.4 is 4.74 Å².